The first-order valence-corrected chi connectivity index (χ1v) is 9.43. The fraction of sp³-hybridized carbons (Fsp3) is 0.381. The Morgan fingerprint density at radius 3 is 2.62 bits per heavy atom. The van der Waals surface area contributed by atoms with Crippen molar-refractivity contribution in [2.75, 3.05) is 19.6 Å². The number of carbonyl (C=O) groups excluding carboxylic acids is 1. The van der Waals surface area contributed by atoms with Crippen LogP contribution >= 0.6 is 11.6 Å². The summed E-state index contributed by atoms with van der Waals surface area (Å²) in [6.45, 7) is 4.79. The molecule has 2 aromatic carbocycles. The summed E-state index contributed by atoms with van der Waals surface area (Å²) in [6.07, 6.45) is 0.774. The van der Waals surface area contributed by atoms with Gasteiger partial charge in [0.2, 0.25) is 5.91 Å². The summed E-state index contributed by atoms with van der Waals surface area (Å²) in [7, 11) is 0. The van der Waals surface area contributed by atoms with Crippen LogP contribution in [0, 0.1) is 11.7 Å². The van der Waals surface area contributed by atoms with E-state index in [9.17, 15) is 9.18 Å². The largest absolute Gasteiger partial charge is 0.356 e. The highest BCUT2D eigenvalue weighted by atomic mass is 35.5. The van der Waals surface area contributed by atoms with E-state index in [1.165, 1.54) is 12.1 Å². The lowest BCUT2D eigenvalue weighted by Crippen LogP contribution is -2.45. The molecule has 1 aliphatic heterocycles. The first-order chi connectivity index (χ1) is 12.6. The fourth-order valence-electron chi connectivity index (χ4n) is 3.67. The molecule has 0 aromatic heterocycles. The average Bonchev–Trinajstić information content (AvgIpc) is 2.64. The molecule has 3 nitrogen and oxygen atoms in total. The fourth-order valence-corrected chi connectivity index (χ4v) is 3.87. The van der Waals surface area contributed by atoms with Crippen molar-refractivity contribution < 1.29 is 9.18 Å². The van der Waals surface area contributed by atoms with E-state index < -0.39 is 0 Å². The van der Waals surface area contributed by atoms with Crippen molar-refractivity contribution >= 4 is 17.5 Å². The molecule has 26 heavy (non-hydrogen) atoms. The number of piperidine rings is 1. The van der Waals surface area contributed by atoms with Crippen molar-refractivity contribution in [3.63, 3.8) is 0 Å². The molecule has 0 aliphatic carbocycles. The molecule has 0 radical (unpaired) electrons. The number of nitrogens with zero attached hydrogens (tertiary/aromatic N) is 1. The van der Waals surface area contributed by atoms with Crippen LogP contribution in [-0.2, 0) is 11.3 Å². The number of nitrogens with one attached hydrogen (secondary N) is 1. The maximum atomic E-state index is 13.3. The quantitative estimate of drug-likeness (QED) is 0.849. The zero-order valence-corrected chi connectivity index (χ0v) is 15.7. The van der Waals surface area contributed by atoms with Gasteiger partial charge in [-0.3, -0.25) is 9.69 Å². The van der Waals surface area contributed by atoms with Gasteiger partial charge >= 0.3 is 0 Å². The normalized spacial score (nSPS) is 20.7. The lowest BCUT2D eigenvalue weighted by molar-refractivity contribution is -0.127. The summed E-state index contributed by atoms with van der Waals surface area (Å²) in [5, 5.41) is 3.68. The maximum absolute atomic E-state index is 13.3. The Kier molecular flexibility index (Phi) is 6.28. The van der Waals surface area contributed by atoms with Crippen molar-refractivity contribution in [3.05, 3.63) is 70.5 Å². The molecule has 3 rings (SSSR count). The van der Waals surface area contributed by atoms with Crippen LogP contribution in [0.2, 0.25) is 5.02 Å². The molecule has 1 N–H and O–H groups in total. The van der Waals surface area contributed by atoms with Gasteiger partial charge in [0.15, 0.2) is 0 Å². The number of hydrogen-bond acceptors (Lipinski definition) is 2. The second kappa shape index (κ2) is 8.65. The smallest absolute Gasteiger partial charge is 0.224 e. The van der Waals surface area contributed by atoms with Gasteiger partial charge in [-0.1, -0.05) is 41.9 Å². The van der Waals surface area contributed by atoms with Crippen LogP contribution in [0.5, 0.6) is 0 Å². The van der Waals surface area contributed by atoms with Gasteiger partial charge in [0, 0.05) is 31.2 Å². The summed E-state index contributed by atoms with van der Waals surface area (Å²) in [6, 6.07) is 14.4. The maximum Gasteiger partial charge on any atom is 0.224 e. The molecule has 0 spiro atoms. The summed E-state index contributed by atoms with van der Waals surface area (Å²) >= 11 is 6.32. The number of halogens is 2. The zero-order chi connectivity index (χ0) is 18.5. The summed E-state index contributed by atoms with van der Waals surface area (Å²) < 4.78 is 13.3. The van der Waals surface area contributed by atoms with E-state index >= 15 is 0 Å². The van der Waals surface area contributed by atoms with Crippen molar-refractivity contribution in [2.45, 2.75) is 25.8 Å². The minimum atomic E-state index is -0.238. The molecule has 1 heterocycles. The predicted octanol–water partition coefficient (Wildman–Crippen LogP) is 4.22. The molecule has 5 heteroatoms. The minimum Gasteiger partial charge on any atom is -0.356 e. The van der Waals surface area contributed by atoms with Crippen LogP contribution in [0.4, 0.5) is 4.39 Å². The number of benzene rings is 2. The van der Waals surface area contributed by atoms with Gasteiger partial charge in [0.1, 0.15) is 5.82 Å². The van der Waals surface area contributed by atoms with E-state index in [4.69, 9.17) is 11.6 Å². The molecule has 1 aliphatic rings. The summed E-state index contributed by atoms with van der Waals surface area (Å²) in [5.41, 5.74) is 2.13. The lowest BCUT2D eigenvalue weighted by Gasteiger charge is -2.37. The monoisotopic (exact) mass is 374 g/mol. The Balaban J connectivity index is 1.80. The molecule has 138 valence electrons. The Hall–Kier alpha value is -1.91. The highest BCUT2D eigenvalue weighted by Crippen LogP contribution is 2.32. The van der Waals surface area contributed by atoms with E-state index in [2.05, 4.69) is 10.2 Å². The van der Waals surface area contributed by atoms with E-state index in [0.29, 0.717) is 19.6 Å². The van der Waals surface area contributed by atoms with Crippen LogP contribution < -0.4 is 5.32 Å². The molecular weight excluding hydrogens is 351 g/mol. The molecule has 0 saturated carbocycles. The number of amides is 1. The molecule has 1 fully saturated rings. The summed E-state index contributed by atoms with van der Waals surface area (Å²) in [4.78, 5) is 14.7. The van der Waals surface area contributed by atoms with Crippen LogP contribution in [0.3, 0.4) is 0 Å². The first kappa shape index (κ1) is 18.9. The molecule has 2 atom stereocenters. The molecule has 0 bridgehead atoms. The van der Waals surface area contributed by atoms with Crippen molar-refractivity contribution in [1.29, 1.82) is 0 Å². The van der Waals surface area contributed by atoms with E-state index in [1.54, 1.807) is 0 Å². The Labute approximate surface area is 159 Å². The zero-order valence-electron chi connectivity index (χ0n) is 14.9. The first-order valence-electron chi connectivity index (χ1n) is 9.05. The lowest BCUT2D eigenvalue weighted by atomic mass is 9.84. The van der Waals surface area contributed by atoms with Gasteiger partial charge in [0.05, 0.1) is 5.92 Å². The van der Waals surface area contributed by atoms with Gasteiger partial charge in [-0.25, -0.2) is 4.39 Å². The van der Waals surface area contributed by atoms with Crippen LogP contribution in [0.25, 0.3) is 0 Å². The third-order valence-electron chi connectivity index (χ3n) is 4.94. The van der Waals surface area contributed by atoms with Gasteiger partial charge in [-0.15, -0.1) is 0 Å². The molecule has 2 aromatic rings. The average molecular weight is 375 g/mol. The molecule has 0 unspecified atom stereocenters. The number of likely N-dealkylation sites (tertiary alicyclic amines) is 1. The van der Waals surface area contributed by atoms with E-state index in [1.807, 2.05) is 43.3 Å². The highest BCUT2D eigenvalue weighted by molar-refractivity contribution is 6.31. The van der Waals surface area contributed by atoms with Gasteiger partial charge < -0.3 is 5.32 Å². The van der Waals surface area contributed by atoms with Crippen molar-refractivity contribution in [1.82, 2.24) is 10.2 Å². The third-order valence-corrected chi connectivity index (χ3v) is 5.31. The van der Waals surface area contributed by atoms with E-state index in [0.717, 1.165) is 29.1 Å². The van der Waals surface area contributed by atoms with Gasteiger partial charge in [0.25, 0.3) is 0 Å². The Bertz CT molecular complexity index is 750. The number of carbonyl (C=O) groups is 1. The molecule has 1 saturated heterocycles. The molecular formula is C21H24ClFN2O. The minimum absolute atomic E-state index is 0.0822. The van der Waals surface area contributed by atoms with Gasteiger partial charge in [-0.05, 0) is 48.6 Å². The molecule has 1 amide bonds. The second-order valence-electron chi connectivity index (χ2n) is 6.86. The highest BCUT2D eigenvalue weighted by Gasteiger charge is 2.32. The SMILES string of the molecule is CCNC(=O)[C@H]1C[C@H](c2ccc(F)cc2)CN(Cc2ccccc2Cl)C1. The standard InChI is InChI=1S/C21H24ClFN2O/c1-2-24-21(26)18-11-17(15-7-9-19(23)10-8-15)13-25(14-18)12-16-5-3-4-6-20(16)22/h3-10,17-18H,2,11-14H2,1H3,(H,24,26)/t17-,18-/m0/s1. The predicted molar refractivity (Wildman–Crippen MR) is 103 cm³/mol. The van der Waals surface area contributed by atoms with Gasteiger partial charge in [-0.2, -0.15) is 0 Å². The summed E-state index contributed by atoms with van der Waals surface area (Å²) in [5.74, 6) is -0.0399. The van der Waals surface area contributed by atoms with Crippen molar-refractivity contribution in [3.8, 4) is 0 Å². The topological polar surface area (TPSA) is 32.3 Å². The third kappa shape index (κ3) is 4.63. The number of rotatable bonds is 5. The second-order valence-corrected chi connectivity index (χ2v) is 7.27. The van der Waals surface area contributed by atoms with Crippen LogP contribution in [-0.4, -0.2) is 30.4 Å². The Morgan fingerprint density at radius 2 is 1.92 bits per heavy atom. The van der Waals surface area contributed by atoms with Crippen LogP contribution in [0.1, 0.15) is 30.4 Å². The van der Waals surface area contributed by atoms with E-state index in [-0.39, 0.29) is 23.6 Å². The Morgan fingerprint density at radius 1 is 1.19 bits per heavy atom. The number of hydrogen-bond donors (Lipinski definition) is 1. The van der Waals surface area contributed by atoms with Crippen molar-refractivity contribution in [2.24, 2.45) is 5.92 Å². The van der Waals surface area contributed by atoms with Crippen LogP contribution in [0.15, 0.2) is 48.5 Å².